The van der Waals surface area contributed by atoms with E-state index in [9.17, 15) is 8.42 Å². The van der Waals surface area contributed by atoms with Crippen LogP contribution in [0.15, 0.2) is 29.2 Å². The monoisotopic (exact) mass is 332 g/mol. The lowest BCUT2D eigenvalue weighted by molar-refractivity contribution is 0.199. The molecule has 1 rings (SSSR count). The summed E-state index contributed by atoms with van der Waals surface area (Å²) in [6.45, 7) is 8.88. The first kappa shape index (κ1) is 18.4. The van der Waals surface area contributed by atoms with Gasteiger partial charge in [0.05, 0.1) is 10.6 Å². The van der Waals surface area contributed by atoms with Crippen LogP contribution in [0, 0.1) is 5.41 Å². The van der Waals surface area contributed by atoms with Crippen molar-refractivity contribution >= 4 is 21.4 Å². The van der Waals surface area contributed by atoms with Gasteiger partial charge in [0.15, 0.2) is 9.84 Å². The molecule has 1 aromatic rings. The third kappa shape index (κ3) is 5.94. The molecule has 120 valence electrons. The summed E-state index contributed by atoms with van der Waals surface area (Å²) in [5, 5.41) is 0.536. The Hall–Kier alpha value is -0.620. The number of rotatable bonds is 8. The van der Waals surface area contributed by atoms with Crippen molar-refractivity contribution in [3.05, 3.63) is 29.3 Å². The van der Waals surface area contributed by atoms with Gasteiger partial charge in [-0.05, 0) is 42.8 Å². The fourth-order valence-electron chi connectivity index (χ4n) is 2.03. The standard InChI is InChI=1S/C15H25ClN2O2S/c1-4-18(12-15(2,3)11-17)9-10-21(19,20)14-7-5-13(16)6-8-14/h5-8H,4,9-12,17H2,1-3H3. The van der Waals surface area contributed by atoms with Gasteiger partial charge >= 0.3 is 0 Å². The van der Waals surface area contributed by atoms with Gasteiger partial charge < -0.3 is 10.6 Å². The summed E-state index contributed by atoms with van der Waals surface area (Å²) in [5.41, 5.74) is 5.73. The molecule has 0 heterocycles. The van der Waals surface area contributed by atoms with Crippen LogP contribution in [0.1, 0.15) is 20.8 Å². The molecule has 0 fully saturated rings. The molecule has 0 aliphatic heterocycles. The van der Waals surface area contributed by atoms with Crippen molar-refractivity contribution in [3.8, 4) is 0 Å². The highest BCUT2D eigenvalue weighted by Gasteiger charge is 2.21. The minimum atomic E-state index is -3.28. The molecule has 21 heavy (non-hydrogen) atoms. The number of hydrogen-bond donors (Lipinski definition) is 1. The summed E-state index contributed by atoms with van der Waals surface area (Å²) in [5.74, 6) is 0.100. The minimum Gasteiger partial charge on any atom is -0.330 e. The Kier molecular flexibility index (Phi) is 6.66. The molecule has 0 aliphatic carbocycles. The van der Waals surface area contributed by atoms with Gasteiger partial charge in [0, 0.05) is 18.1 Å². The average molecular weight is 333 g/mol. The molecule has 6 heteroatoms. The predicted octanol–water partition coefficient (Wildman–Crippen LogP) is 2.42. The van der Waals surface area contributed by atoms with Crippen molar-refractivity contribution in [1.82, 2.24) is 4.90 Å². The minimum absolute atomic E-state index is 0.0138. The average Bonchev–Trinajstić information content (AvgIpc) is 2.44. The van der Waals surface area contributed by atoms with E-state index in [1.54, 1.807) is 24.3 Å². The number of nitrogens with zero attached hydrogens (tertiary/aromatic N) is 1. The van der Waals surface area contributed by atoms with Gasteiger partial charge in [0.2, 0.25) is 0 Å². The normalized spacial score (nSPS) is 12.9. The topological polar surface area (TPSA) is 63.4 Å². The van der Waals surface area contributed by atoms with E-state index >= 15 is 0 Å². The molecule has 0 unspecified atom stereocenters. The summed E-state index contributed by atoms with van der Waals surface area (Å²) in [7, 11) is -3.28. The Morgan fingerprint density at radius 1 is 1.24 bits per heavy atom. The maximum atomic E-state index is 12.3. The summed E-state index contributed by atoms with van der Waals surface area (Å²) < 4.78 is 24.6. The zero-order chi connectivity index (χ0) is 16.1. The molecule has 4 nitrogen and oxygen atoms in total. The van der Waals surface area contributed by atoms with Gasteiger partial charge in [0.1, 0.15) is 0 Å². The maximum absolute atomic E-state index is 12.3. The van der Waals surface area contributed by atoms with E-state index < -0.39 is 9.84 Å². The Labute approximate surface area is 133 Å². The van der Waals surface area contributed by atoms with Crippen LogP contribution in [-0.4, -0.2) is 45.2 Å². The van der Waals surface area contributed by atoms with Crippen molar-refractivity contribution in [3.63, 3.8) is 0 Å². The van der Waals surface area contributed by atoms with E-state index in [1.807, 2.05) is 6.92 Å². The van der Waals surface area contributed by atoms with E-state index in [4.69, 9.17) is 17.3 Å². The first-order chi connectivity index (χ1) is 9.70. The molecule has 2 N–H and O–H groups in total. The van der Waals surface area contributed by atoms with Gasteiger partial charge in [-0.15, -0.1) is 0 Å². The van der Waals surface area contributed by atoms with Crippen LogP contribution >= 0.6 is 11.6 Å². The van der Waals surface area contributed by atoms with E-state index in [-0.39, 0.29) is 11.2 Å². The third-order valence-electron chi connectivity index (χ3n) is 3.50. The van der Waals surface area contributed by atoms with Crippen LogP contribution in [0.3, 0.4) is 0 Å². The second-order valence-corrected chi connectivity index (χ2v) is 8.56. The largest absolute Gasteiger partial charge is 0.330 e. The lowest BCUT2D eigenvalue weighted by Crippen LogP contribution is -2.40. The van der Waals surface area contributed by atoms with Crippen LogP contribution in [0.2, 0.25) is 5.02 Å². The van der Waals surface area contributed by atoms with E-state index in [1.165, 1.54) is 0 Å². The molecule has 0 bridgehead atoms. The predicted molar refractivity (Wildman–Crippen MR) is 88.5 cm³/mol. The molecule has 0 aromatic heterocycles. The van der Waals surface area contributed by atoms with Crippen molar-refractivity contribution in [2.75, 3.05) is 31.9 Å². The zero-order valence-corrected chi connectivity index (χ0v) is 14.5. The van der Waals surface area contributed by atoms with Crippen molar-refractivity contribution in [2.24, 2.45) is 11.1 Å². The SMILES string of the molecule is CCN(CCS(=O)(=O)c1ccc(Cl)cc1)CC(C)(C)CN. The maximum Gasteiger partial charge on any atom is 0.179 e. The van der Waals surface area contributed by atoms with E-state index in [2.05, 4.69) is 18.7 Å². The Bertz CT molecular complexity index is 541. The van der Waals surface area contributed by atoms with Crippen molar-refractivity contribution in [2.45, 2.75) is 25.7 Å². The fraction of sp³-hybridized carbons (Fsp3) is 0.600. The van der Waals surface area contributed by atoms with Gasteiger partial charge in [-0.1, -0.05) is 32.4 Å². The van der Waals surface area contributed by atoms with E-state index in [0.717, 1.165) is 13.1 Å². The van der Waals surface area contributed by atoms with Crippen LogP contribution < -0.4 is 5.73 Å². The van der Waals surface area contributed by atoms with Crippen LogP contribution in [0.5, 0.6) is 0 Å². The summed E-state index contributed by atoms with van der Waals surface area (Å²) in [6.07, 6.45) is 0. The van der Waals surface area contributed by atoms with Crippen LogP contribution in [-0.2, 0) is 9.84 Å². The molecule has 0 amide bonds. The molecule has 0 radical (unpaired) electrons. The summed E-state index contributed by atoms with van der Waals surface area (Å²) in [4.78, 5) is 2.45. The van der Waals surface area contributed by atoms with Crippen LogP contribution in [0.4, 0.5) is 0 Å². The lowest BCUT2D eigenvalue weighted by Gasteiger charge is -2.30. The molecular weight excluding hydrogens is 308 g/mol. The first-order valence-corrected chi connectivity index (χ1v) is 9.14. The zero-order valence-electron chi connectivity index (χ0n) is 13.0. The first-order valence-electron chi connectivity index (χ1n) is 7.11. The second-order valence-electron chi connectivity index (χ2n) is 6.01. The second kappa shape index (κ2) is 7.58. The lowest BCUT2D eigenvalue weighted by atomic mass is 9.93. The molecular formula is C15H25ClN2O2S. The van der Waals surface area contributed by atoms with Gasteiger partial charge in [-0.2, -0.15) is 0 Å². The van der Waals surface area contributed by atoms with Gasteiger partial charge in [-0.3, -0.25) is 0 Å². The third-order valence-corrected chi connectivity index (χ3v) is 5.46. The Balaban J connectivity index is 2.69. The van der Waals surface area contributed by atoms with E-state index in [0.29, 0.717) is 23.0 Å². The smallest absolute Gasteiger partial charge is 0.179 e. The number of hydrogen-bond acceptors (Lipinski definition) is 4. The van der Waals surface area contributed by atoms with Crippen molar-refractivity contribution in [1.29, 1.82) is 0 Å². The molecule has 0 aliphatic rings. The highest BCUT2D eigenvalue weighted by molar-refractivity contribution is 7.91. The summed E-state index contributed by atoms with van der Waals surface area (Å²) in [6, 6.07) is 6.31. The van der Waals surface area contributed by atoms with Crippen LogP contribution in [0.25, 0.3) is 0 Å². The molecule has 0 atom stereocenters. The quantitative estimate of drug-likeness (QED) is 0.794. The van der Waals surface area contributed by atoms with Gasteiger partial charge in [0.25, 0.3) is 0 Å². The molecule has 1 aromatic carbocycles. The molecule has 0 spiro atoms. The van der Waals surface area contributed by atoms with Gasteiger partial charge in [-0.25, -0.2) is 8.42 Å². The highest BCUT2D eigenvalue weighted by Crippen LogP contribution is 2.17. The number of nitrogens with two attached hydrogens (primary N) is 1. The van der Waals surface area contributed by atoms with Crippen molar-refractivity contribution < 1.29 is 8.42 Å². The number of benzene rings is 1. The Morgan fingerprint density at radius 3 is 2.29 bits per heavy atom. The highest BCUT2D eigenvalue weighted by atomic mass is 35.5. The molecule has 0 saturated carbocycles. The number of sulfone groups is 1. The number of halogens is 1. The molecule has 0 saturated heterocycles. The summed E-state index contributed by atoms with van der Waals surface area (Å²) >= 11 is 5.79. The Morgan fingerprint density at radius 2 is 1.81 bits per heavy atom. The fourth-order valence-corrected chi connectivity index (χ4v) is 3.44.